The number of carboxylic acid groups (broad SMARTS) is 5. The number of allylic oxidation sites excluding steroid dienone is 1. The summed E-state index contributed by atoms with van der Waals surface area (Å²) in [7, 11) is 0. The van der Waals surface area contributed by atoms with E-state index < -0.39 is 292 Å². The highest BCUT2D eigenvalue weighted by molar-refractivity contribution is 7.98. The van der Waals surface area contributed by atoms with Gasteiger partial charge in [-0.25, -0.2) is 0 Å². The number of primary amides is 1. The first-order chi connectivity index (χ1) is 66.5. The van der Waals surface area contributed by atoms with Gasteiger partial charge in [-0.2, -0.15) is 11.8 Å². The number of benzene rings is 3. The van der Waals surface area contributed by atoms with Crippen LogP contribution in [0.2, 0.25) is 0 Å². The Labute approximate surface area is 809 Å². The summed E-state index contributed by atoms with van der Waals surface area (Å²) in [6.45, 7) is 5.08. The van der Waals surface area contributed by atoms with Gasteiger partial charge in [-0.05, 0) is 163 Å². The molecular formula is C92H129N19O28S. The Morgan fingerprint density at radius 1 is 0.464 bits per heavy atom. The highest BCUT2D eigenvalue weighted by atomic mass is 32.2. The SMILES string of the molecule is CC[C@H](C)[C@H](NC(=O)[C@H](CCCCN)NC(=O)[C@H](CCCCN)NC(=O)[C@H](CC(=O)O)NC(=O)[C@H](Cc1c[nH]c2ccccc12)NC(=O)[C@H](CCC(=O)O)NC(=O)[C@H](CCC(=O)O)NC(=O)[C@H](Cc1c[nH]c2ccccc12)N1C/C=C/CCC(=O)N[C@@H](CCSC)C(=O)N[C@@H]([C@@H](C)O)C1=O)C(=O)N[C@@H](CCC(=O)O)C(=O)N[C@@H](CCC(=O)O)C(=O)N[C@@H](Cc1ccc(O)cc1)C(=O)N[C@H](C(N)=O)[C@@H](C)O. The van der Waals surface area contributed by atoms with Gasteiger partial charge in [0, 0.05) is 92.1 Å². The van der Waals surface area contributed by atoms with Crippen LogP contribution < -0.4 is 86.3 Å². The number of aromatic nitrogens is 2. The van der Waals surface area contributed by atoms with Gasteiger partial charge in [0.15, 0.2) is 0 Å². The van der Waals surface area contributed by atoms with E-state index in [9.17, 15) is 113 Å². The zero-order valence-corrected chi connectivity index (χ0v) is 79.1. The minimum atomic E-state index is -2.17. The molecule has 48 heteroatoms. The summed E-state index contributed by atoms with van der Waals surface area (Å²) in [5.41, 5.74) is 19.3. The first kappa shape index (κ1) is 115. The number of aliphatic hydroxyl groups is 2. The predicted molar refractivity (Wildman–Crippen MR) is 505 cm³/mol. The summed E-state index contributed by atoms with van der Waals surface area (Å²) in [6, 6.07) is -6.38. The van der Waals surface area contributed by atoms with E-state index in [1.54, 1.807) is 74.0 Å². The van der Waals surface area contributed by atoms with E-state index in [0.717, 1.165) is 11.8 Å². The van der Waals surface area contributed by atoms with Crippen molar-refractivity contribution in [1.29, 1.82) is 0 Å². The van der Waals surface area contributed by atoms with Crippen LogP contribution in [0.4, 0.5) is 0 Å². The Hall–Kier alpha value is -14.1. The predicted octanol–water partition coefficient (Wildman–Crippen LogP) is -2.53. The maximum absolute atomic E-state index is 15.5. The number of amides is 15. The number of fused-ring (bicyclic) bond motifs is 2. The number of aromatic hydroxyl groups is 1. The molecule has 0 saturated carbocycles. The smallest absolute Gasteiger partial charge is 0.305 e. The second-order valence-electron chi connectivity index (χ2n) is 34.1. The lowest BCUT2D eigenvalue weighted by Gasteiger charge is -2.35. The van der Waals surface area contributed by atoms with Gasteiger partial charge in [-0.1, -0.05) is 81.0 Å². The fourth-order valence-electron chi connectivity index (χ4n) is 15.3. The van der Waals surface area contributed by atoms with Crippen LogP contribution in [0.3, 0.4) is 0 Å². The number of nitrogens with zero attached hydrogens (tertiary/aromatic N) is 1. The largest absolute Gasteiger partial charge is 0.508 e. The Bertz CT molecular complexity index is 5180. The number of nitrogens with two attached hydrogens (primary N) is 3. The molecule has 0 aliphatic carbocycles. The van der Waals surface area contributed by atoms with Crippen LogP contribution in [-0.4, -0.2) is 303 Å². The highest BCUT2D eigenvalue weighted by Gasteiger charge is 2.43. The van der Waals surface area contributed by atoms with E-state index in [1.807, 2.05) is 0 Å². The number of para-hydroxylation sites is 2. The van der Waals surface area contributed by atoms with E-state index in [2.05, 4.69) is 79.1 Å². The zero-order chi connectivity index (χ0) is 104. The number of unbranched alkanes of at least 4 members (excludes halogenated alkanes) is 2. The van der Waals surface area contributed by atoms with E-state index in [1.165, 1.54) is 62.1 Å². The molecule has 17 atom stereocenters. The Kier molecular flexibility index (Phi) is 47.4. The molecule has 2 aromatic heterocycles. The van der Waals surface area contributed by atoms with Gasteiger partial charge in [-0.3, -0.25) is 95.9 Å². The van der Waals surface area contributed by atoms with Gasteiger partial charge < -0.3 is 142 Å². The summed E-state index contributed by atoms with van der Waals surface area (Å²) in [5, 5.41) is 115. The van der Waals surface area contributed by atoms with E-state index in [0.29, 0.717) is 44.2 Å². The molecule has 766 valence electrons. The second kappa shape index (κ2) is 57.9. The minimum Gasteiger partial charge on any atom is -0.508 e. The average molecular weight is 1980 g/mol. The molecular weight excluding hydrogens is 1850 g/mol. The monoisotopic (exact) mass is 1980 g/mol. The van der Waals surface area contributed by atoms with E-state index in [4.69, 9.17) is 17.2 Å². The van der Waals surface area contributed by atoms with Gasteiger partial charge in [0.25, 0.3) is 0 Å². The molecule has 3 aromatic carbocycles. The number of carboxylic acids is 5. The van der Waals surface area contributed by atoms with Crippen molar-refractivity contribution in [3.63, 3.8) is 0 Å². The molecule has 15 amide bonds. The van der Waals surface area contributed by atoms with E-state index in [-0.39, 0.29) is 95.9 Å². The molecule has 47 nitrogen and oxygen atoms in total. The van der Waals surface area contributed by atoms with Crippen molar-refractivity contribution < 1.29 is 137 Å². The van der Waals surface area contributed by atoms with Crippen LogP contribution in [0, 0.1) is 5.92 Å². The summed E-state index contributed by atoms with van der Waals surface area (Å²) in [5.74, 6) is -25.3. The normalized spacial score (nSPS) is 16.9. The topological polar surface area (TPSA) is 773 Å². The molecule has 5 aromatic rings. The standard InChI is InChI=1S/C92H129N19O28S/c1-6-48(2)76(91(138)104-64(32-36-74(122)123)82(129)102-61(29-33-71(116)117)83(130)105-66(42-51-25-27-54(114)28-26-51)89(136)109-77(49(3)112)79(95)126)108-85(132)60(23-14-16-39-94)99-80(127)59(22-13-15-38-93)100-88(135)68(45-75(124)125)107-87(134)67(43-52-46-96-57-20-11-9-18-55(52)57)106-84(131)62(30-34-72(118)119)101-81(128)63(31-35-73(120)121)103-90(137)69(44-53-47-97-58-21-12-10-19-56(53)58)111-40-17-7-8-24-70(115)98-65(37-41-140-5)86(133)110-78(50(4)113)92(111)139/h7,9-12,17-21,25-28,46-50,59-69,76-78,96-97,112-114H,6,8,13-16,22-24,29-45,93-94H2,1-5H3,(H2,95,126)(H,98,115)(H,99,127)(H,100,135)(H,101,128)(H,102,129)(H,103,137)(H,104,138)(H,105,130)(H,106,131)(H,107,134)(H,108,132)(H,109,136)(H,110,133)(H,116,117)(H,118,119)(H,120,121)(H,122,123)(H,124,125)/b17-7+/t48-,49+,50+,59-,60-,61-,62-,63-,64-,65-,66-,67-,68-,69-,76-,77-,78-/m0/s1. The number of nitrogens with one attached hydrogen (secondary N) is 15. The number of thioether (sulfide) groups is 1. The van der Waals surface area contributed by atoms with Crippen LogP contribution in [0.5, 0.6) is 5.75 Å². The number of carbonyl (C=O) groups is 20. The quantitative estimate of drug-likeness (QED) is 0.0141. The van der Waals surface area contributed by atoms with Crippen LogP contribution in [0.15, 0.2) is 97.3 Å². The number of aromatic amines is 2. The Morgan fingerprint density at radius 3 is 1.30 bits per heavy atom. The van der Waals surface area contributed by atoms with Crippen molar-refractivity contribution in [3.05, 3.63) is 114 Å². The molecule has 0 spiro atoms. The van der Waals surface area contributed by atoms with Gasteiger partial charge in [0.2, 0.25) is 88.6 Å². The highest BCUT2D eigenvalue weighted by Crippen LogP contribution is 2.26. The fraction of sp³-hybridized carbons (Fsp3) is 0.522. The lowest BCUT2D eigenvalue weighted by molar-refractivity contribution is -0.146. The molecule has 0 radical (unpaired) electrons. The second-order valence-corrected chi connectivity index (χ2v) is 35.1. The lowest BCUT2D eigenvalue weighted by Crippen LogP contribution is -2.63. The van der Waals surface area contributed by atoms with Gasteiger partial charge in [0.05, 0.1) is 18.6 Å². The molecule has 29 N–H and O–H groups in total. The molecule has 0 bridgehead atoms. The molecule has 0 unspecified atom stereocenters. The number of H-pyrrole nitrogens is 2. The van der Waals surface area contributed by atoms with Gasteiger partial charge >= 0.3 is 29.8 Å². The number of hydrogen-bond donors (Lipinski definition) is 26. The van der Waals surface area contributed by atoms with Crippen molar-refractivity contribution in [2.24, 2.45) is 23.1 Å². The van der Waals surface area contributed by atoms with Crippen molar-refractivity contribution in [2.75, 3.05) is 31.6 Å². The van der Waals surface area contributed by atoms with Crippen molar-refractivity contribution >= 4 is 152 Å². The first-order valence-corrected chi connectivity index (χ1v) is 47.3. The molecule has 0 fully saturated rings. The maximum atomic E-state index is 15.5. The van der Waals surface area contributed by atoms with Crippen LogP contribution >= 0.6 is 11.8 Å². The third-order valence-corrected chi connectivity index (χ3v) is 23.9. The van der Waals surface area contributed by atoms with Crippen molar-refractivity contribution in [3.8, 4) is 5.75 Å². The summed E-state index contributed by atoms with van der Waals surface area (Å²) >= 11 is 1.37. The third kappa shape index (κ3) is 37.3. The van der Waals surface area contributed by atoms with E-state index >= 15 is 24.0 Å². The lowest BCUT2D eigenvalue weighted by atomic mass is 9.96. The molecule has 140 heavy (non-hydrogen) atoms. The number of carbonyl (C=O) groups excluding carboxylic acids is 15. The number of hydrogen-bond acceptors (Lipinski definition) is 26. The minimum absolute atomic E-state index is 0.0282. The van der Waals surface area contributed by atoms with Gasteiger partial charge in [0.1, 0.15) is 90.3 Å². The Balaban J connectivity index is 1.31. The zero-order valence-electron chi connectivity index (χ0n) is 78.3. The summed E-state index contributed by atoms with van der Waals surface area (Å²) in [6.07, 6.45) is -4.14. The molecule has 1 aliphatic heterocycles. The third-order valence-electron chi connectivity index (χ3n) is 23.3. The number of aliphatic hydroxyl groups excluding tert-OH is 2. The van der Waals surface area contributed by atoms with Gasteiger partial charge in [-0.15, -0.1) is 0 Å². The maximum Gasteiger partial charge on any atom is 0.305 e. The molecule has 0 saturated heterocycles. The first-order valence-electron chi connectivity index (χ1n) is 45.9. The number of phenols is 1. The molecule has 6 rings (SSSR count). The van der Waals surface area contributed by atoms with Crippen LogP contribution in [0.1, 0.15) is 166 Å². The number of phenolic OH excluding ortho intramolecular Hbond substituents is 1. The fourth-order valence-corrected chi connectivity index (χ4v) is 15.7. The van der Waals surface area contributed by atoms with Crippen molar-refractivity contribution in [1.82, 2.24) is 84.0 Å². The van der Waals surface area contributed by atoms with Crippen LogP contribution in [-0.2, 0) is 115 Å². The average Bonchev–Trinajstić information content (AvgIpc) is 1.60. The summed E-state index contributed by atoms with van der Waals surface area (Å²) in [4.78, 5) is 287. The van der Waals surface area contributed by atoms with Crippen LogP contribution in [0.25, 0.3) is 21.8 Å². The number of rotatable bonds is 59. The Morgan fingerprint density at radius 2 is 0.864 bits per heavy atom. The molecule has 3 heterocycles. The molecule has 1 aliphatic rings. The number of aliphatic carboxylic acids is 5. The van der Waals surface area contributed by atoms with Crippen molar-refractivity contribution in [2.45, 2.75) is 266 Å². The summed E-state index contributed by atoms with van der Waals surface area (Å²) < 4.78 is 0.